The topological polar surface area (TPSA) is 76.0 Å². The summed E-state index contributed by atoms with van der Waals surface area (Å²) in [5.74, 6) is 0.755. The Balaban J connectivity index is 1.45. The van der Waals surface area contributed by atoms with Crippen LogP contribution < -0.4 is 0 Å². The first-order chi connectivity index (χ1) is 15.7. The van der Waals surface area contributed by atoms with Crippen LogP contribution in [0.5, 0.6) is 0 Å². The zero-order chi connectivity index (χ0) is 21.9. The van der Waals surface area contributed by atoms with E-state index in [0.717, 1.165) is 29.9 Å². The average Bonchev–Trinajstić information content (AvgIpc) is 3.29. The van der Waals surface area contributed by atoms with Crippen molar-refractivity contribution < 1.29 is 4.79 Å². The molecule has 4 aromatic rings. The Hall–Kier alpha value is -3.95. The maximum atomic E-state index is 13.4. The molecule has 2 heterocycles. The number of carbonyl (C=O) groups excluding carboxylic acids is 1. The Morgan fingerprint density at radius 1 is 1.00 bits per heavy atom. The van der Waals surface area contributed by atoms with Crippen molar-refractivity contribution in [1.82, 2.24) is 19.8 Å². The molecule has 0 spiro atoms. The van der Waals surface area contributed by atoms with Gasteiger partial charge >= 0.3 is 0 Å². The molecular formula is C26H23N5O. The van der Waals surface area contributed by atoms with E-state index in [4.69, 9.17) is 10.2 Å². The van der Waals surface area contributed by atoms with Gasteiger partial charge in [0.15, 0.2) is 0 Å². The van der Waals surface area contributed by atoms with E-state index in [1.54, 1.807) is 24.3 Å². The molecule has 0 saturated carbocycles. The van der Waals surface area contributed by atoms with Gasteiger partial charge in [0, 0.05) is 31.7 Å². The number of benzene rings is 3. The molecule has 1 aliphatic rings. The molecule has 1 aromatic heterocycles. The molecule has 0 radical (unpaired) electrons. The van der Waals surface area contributed by atoms with Crippen molar-refractivity contribution in [3.63, 3.8) is 0 Å². The van der Waals surface area contributed by atoms with Gasteiger partial charge in [0.05, 0.1) is 22.7 Å². The predicted octanol–water partition coefficient (Wildman–Crippen LogP) is 4.13. The number of hydrogen-bond donors (Lipinski definition) is 1. The van der Waals surface area contributed by atoms with Crippen LogP contribution in [0.3, 0.4) is 0 Å². The van der Waals surface area contributed by atoms with Gasteiger partial charge in [0.1, 0.15) is 11.9 Å². The van der Waals surface area contributed by atoms with Crippen molar-refractivity contribution >= 4 is 16.9 Å². The lowest BCUT2D eigenvalue weighted by atomic mass is 10.1. The number of aromatic nitrogens is 2. The van der Waals surface area contributed by atoms with E-state index in [-0.39, 0.29) is 11.9 Å². The highest BCUT2D eigenvalue weighted by atomic mass is 16.2. The fraction of sp³-hybridized carbons (Fsp3) is 0.192. The summed E-state index contributed by atoms with van der Waals surface area (Å²) in [5.41, 5.74) is 4.24. The third-order valence-electron chi connectivity index (χ3n) is 5.96. The number of hydrogen-bond acceptors (Lipinski definition) is 4. The monoisotopic (exact) mass is 421 g/mol. The van der Waals surface area contributed by atoms with Crippen LogP contribution in [0.25, 0.3) is 11.0 Å². The lowest BCUT2D eigenvalue weighted by Crippen LogP contribution is -2.50. The first-order valence-corrected chi connectivity index (χ1v) is 10.7. The molecule has 1 amide bonds. The van der Waals surface area contributed by atoms with Gasteiger partial charge < -0.3 is 9.88 Å². The number of amides is 1. The molecule has 1 atom stereocenters. The van der Waals surface area contributed by atoms with Gasteiger partial charge in [-0.05, 0) is 42.0 Å². The number of carbonyl (C=O) groups is 1. The lowest BCUT2D eigenvalue weighted by Gasteiger charge is -2.40. The van der Waals surface area contributed by atoms with Crippen LogP contribution in [-0.4, -0.2) is 45.3 Å². The normalized spacial score (nSPS) is 16.7. The highest BCUT2D eigenvalue weighted by Gasteiger charge is 2.34. The van der Waals surface area contributed by atoms with Crippen LogP contribution >= 0.6 is 0 Å². The Bertz CT molecular complexity index is 1240. The first-order valence-electron chi connectivity index (χ1n) is 10.7. The van der Waals surface area contributed by atoms with E-state index in [2.05, 4.69) is 40.2 Å². The van der Waals surface area contributed by atoms with E-state index in [1.807, 2.05) is 35.2 Å². The van der Waals surface area contributed by atoms with Crippen molar-refractivity contribution in [2.24, 2.45) is 0 Å². The smallest absolute Gasteiger partial charge is 0.254 e. The number of nitriles is 1. The van der Waals surface area contributed by atoms with E-state index in [0.29, 0.717) is 24.2 Å². The van der Waals surface area contributed by atoms with Gasteiger partial charge in [-0.3, -0.25) is 9.69 Å². The molecule has 3 aromatic carbocycles. The summed E-state index contributed by atoms with van der Waals surface area (Å²) in [6, 6.07) is 27.1. The summed E-state index contributed by atoms with van der Waals surface area (Å²) in [5, 5.41) is 9.06. The van der Waals surface area contributed by atoms with E-state index >= 15 is 0 Å². The van der Waals surface area contributed by atoms with Crippen molar-refractivity contribution in [2.75, 3.05) is 19.6 Å². The molecule has 1 unspecified atom stereocenters. The van der Waals surface area contributed by atoms with Crippen molar-refractivity contribution in [3.05, 3.63) is 101 Å². The number of para-hydroxylation sites is 2. The number of nitrogens with one attached hydrogen (secondary N) is 1. The second-order valence-electron chi connectivity index (χ2n) is 8.06. The summed E-state index contributed by atoms with van der Waals surface area (Å²) < 4.78 is 0. The zero-order valence-corrected chi connectivity index (χ0v) is 17.6. The van der Waals surface area contributed by atoms with Gasteiger partial charge in [-0.2, -0.15) is 5.26 Å². The standard InChI is InChI=1S/C26H23N5O/c27-16-19-10-12-21(13-11-19)26(32)31-15-14-30(17-20-6-2-1-3-7-20)18-24(31)25-28-22-8-4-5-9-23(22)29-25/h1-13,24H,14-15,17-18H2,(H,28,29). The molecule has 158 valence electrons. The summed E-state index contributed by atoms with van der Waals surface area (Å²) in [4.78, 5) is 26.0. The number of H-pyrrole nitrogens is 1. The van der Waals surface area contributed by atoms with Gasteiger partial charge in [0.2, 0.25) is 0 Å². The van der Waals surface area contributed by atoms with Crippen LogP contribution in [0.1, 0.15) is 33.4 Å². The van der Waals surface area contributed by atoms with Crippen LogP contribution in [0.15, 0.2) is 78.9 Å². The Morgan fingerprint density at radius 3 is 2.50 bits per heavy atom. The molecular weight excluding hydrogens is 398 g/mol. The summed E-state index contributed by atoms with van der Waals surface area (Å²) in [6.45, 7) is 2.91. The Kier molecular flexibility index (Phi) is 5.40. The zero-order valence-electron chi connectivity index (χ0n) is 17.6. The van der Waals surface area contributed by atoms with Gasteiger partial charge in [-0.25, -0.2) is 4.98 Å². The quantitative estimate of drug-likeness (QED) is 0.537. The minimum absolute atomic E-state index is 0.0423. The highest BCUT2D eigenvalue weighted by Crippen LogP contribution is 2.28. The Morgan fingerprint density at radius 2 is 1.75 bits per heavy atom. The number of fused-ring (bicyclic) bond motifs is 1. The first kappa shape index (κ1) is 20.0. The van der Waals surface area contributed by atoms with Crippen LogP contribution in [0, 0.1) is 11.3 Å². The summed E-state index contributed by atoms with van der Waals surface area (Å²) in [7, 11) is 0. The molecule has 6 nitrogen and oxygen atoms in total. The second-order valence-corrected chi connectivity index (χ2v) is 8.06. The highest BCUT2D eigenvalue weighted by molar-refractivity contribution is 5.94. The number of nitrogens with zero attached hydrogens (tertiary/aromatic N) is 4. The molecule has 6 heteroatoms. The van der Waals surface area contributed by atoms with Crippen molar-refractivity contribution in [1.29, 1.82) is 5.26 Å². The predicted molar refractivity (Wildman–Crippen MR) is 123 cm³/mol. The minimum atomic E-state index is -0.192. The summed E-state index contributed by atoms with van der Waals surface area (Å²) in [6.07, 6.45) is 0. The van der Waals surface area contributed by atoms with Crippen molar-refractivity contribution in [2.45, 2.75) is 12.6 Å². The molecule has 1 saturated heterocycles. The number of imidazole rings is 1. The van der Waals surface area contributed by atoms with Gasteiger partial charge in [-0.1, -0.05) is 42.5 Å². The second kappa shape index (κ2) is 8.66. The average molecular weight is 422 g/mol. The third-order valence-corrected chi connectivity index (χ3v) is 5.96. The Labute approximate surface area is 186 Å². The van der Waals surface area contributed by atoms with Gasteiger partial charge in [-0.15, -0.1) is 0 Å². The number of piperazine rings is 1. The third kappa shape index (κ3) is 3.98. The van der Waals surface area contributed by atoms with Gasteiger partial charge in [0.25, 0.3) is 5.91 Å². The fourth-order valence-electron chi connectivity index (χ4n) is 4.29. The maximum Gasteiger partial charge on any atom is 0.254 e. The van der Waals surface area contributed by atoms with Crippen LogP contribution in [0.4, 0.5) is 0 Å². The molecule has 0 bridgehead atoms. The van der Waals surface area contributed by atoms with E-state index in [1.165, 1.54) is 5.56 Å². The minimum Gasteiger partial charge on any atom is -0.340 e. The molecule has 1 fully saturated rings. The molecule has 32 heavy (non-hydrogen) atoms. The van der Waals surface area contributed by atoms with E-state index < -0.39 is 0 Å². The molecule has 5 rings (SSSR count). The fourth-order valence-corrected chi connectivity index (χ4v) is 4.29. The van der Waals surface area contributed by atoms with Crippen molar-refractivity contribution in [3.8, 4) is 6.07 Å². The maximum absolute atomic E-state index is 13.4. The van der Waals surface area contributed by atoms with Crippen LogP contribution in [0.2, 0.25) is 0 Å². The SMILES string of the molecule is N#Cc1ccc(C(=O)N2CCN(Cc3ccccc3)CC2c2nc3ccccc3[nH]2)cc1. The summed E-state index contributed by atoms with van der Waals surface area (Å²) >= 11 is 0. The van der Waals surface area contributed by atoms with Crippen LogP contribution in [-0.2, 0) is 6.54 Å². The largest absolute Gasteiger partial charge is 0.340 e. The number of aromatic amines is 1. The van der Waals surface area contributed by atoms with E-state index in [9.17, 15) is 4.79 Å². The molecule has 1 N–H and O–H groups in total. The molecule has 0 aliphatic carbocycles. The molecule has 1 aliphatic heterocycles. The lowest BCUT2D eigenvalue weighted by molar-refractivity contribution is 0.0418. The number of rotatable bonds is 4.